The minimum absolute atomic E-state index is 0.291. The lowest BCUT2D eigenvalue weighted by atomic mass is 10.0. The Hall–Kier alpha value is -3.64. The Morgan fingerprint density at radius 2 is 1.84 bits per heavy atom. The van der Waals surface area contributed by atoms with E-state index in [0.29, 0.717) is 34.5 Å². The van der Waals surface area contributed by atoms with Crippen LogP contribution < -0.4 is 10.1 Å². The van der Waals surface area contributed by atoms with E-state index in [-0.39, 0.29) is 5.91 Å². The molecule has 4 rings (SSSR count). The highest BCUT2D eigenvalue weighted by Gasteiger charge is 2.24. The topological polar surface area (TPSA) is 77.2 Å². The molecule has 31 heavy (non-hydrogen) atoms. The molecule has 0 bridgehead atoms. The molecule has 3 aromatic carbocycles. The summed E-state index contributed by atoms with van der Waals surface area (Å²) in [6, 6.07) is 23.5. The average Bonchev–Trinajstić information content (AvgIpc) is 3.30. The third kappa shape index (κ3) is 4.92. The van der Waals surface area contributed by atoms with Crippen molar-refractivity contribution in [1.29, 1.82) is 0 Å². The molecule has 0 aliphatic heterocycles. The summed E-state index contributed by atoms with van der Waals surface area (Å²) in [6.07, 6.45) is 0.485. The van der Waals surface area contributed by atoms with Gasteiger partial charge in [-0.05, 0) is 29.8 Å². The largest absolute Gasteiger partial charge is 0.496 e. The zero-order valence-electron chi connectivity index (χ0n) is 16.8. The first-order valence-corrected chi connectivity index (χ1v) is 10.1. The van der Waals surface area contributed by atoms with Gasteiger partial charge in [-0.25, -0.2) is 0 Å². The van der Waals surface area contributed by atoms with Gasteiger partial charge in [0.25, 0.3) is 5.91 Å². The van der Waals surface area contributed by atoms with E-state index >= 15 is 0 Å². The van der Waals surface area contributed by atoms with Crippen LogP contribution in [0, 0.1) is 0 Å². The van der Waals surface area contributed by atoms with Gasteiger partial charge in [-0.1, -0.05) is 71.4 Å². The van der Waals surface area contributed by atoms with Crippen molar-refractivity contribution in [2.45, 2.75) is 12.5 Å². The Morgan fingerprint density at radius 3 is 2.61 bits per heavy atom. The molecule has 0 aliphatic rings. The molecule has 4 aromatic rings. The second kappa shape index (κ2) is 9.45. The number of halogens is 1. The van der Waals surface area contributed by atoms with Crippen LogP contribution in [-0.2, 0) is 6.42 Å². The molecule has 1 unspecified atom stereocenters. The fourth-order valence-corrected chi connectivity index (χ4v) is 3.43. The molecular formula is C24H20ClN3O3. The average molecular weight is 434 g/mol. The van der Waals surface area contributed by atoms with Crippen LogP contribution in [0.1, 0.15) is 27.9 Å². The molecule has 7 heteroatoms. The van der Waals surface area contributed by atoms with E-state index in [4.69, 9.17) is 20.9 Å². The minimum atomic E-state index is -0.528. The number of amides is 1. The third-order valence-corrected chi connectivity index (χ3v) is 5.00. The second-order valence-corrected chi connectivity index (χ2v) is 7.32. The minimum Gasteiger partial charge on any atom is -0.496 e. The monoisotopic (exact) mass is 433 g/mol. The lowest BCUT2D eigenvalue weighted by Gasteiger charge is -2.16. The summed E-state index contributed by atoms with van der Waals surface area (Å²) in [6.45, 7) is 0. The maximum atomic E-state index is 13.0. The van der Waals surface area contributed by atoms with Gasteiger partial charge < -0.3 is 14.6 Å². The fraction of sp³-hybridized carbons (Fsp3) is 0.125. The Bertz CT molecular complexity index is 1180. The van der Waals surface area contributed by atoms with Gasteiger partial charge in [-0.15, -0.1) is 0 Å². The summed E-state index contributed by atoms with van der Waals surface area (Å²) in [5, 5.41) is 7.67. The number of carbonyl (C=O) groups is 1. The van der Waals surface area contributed by atoms with Crippen molar-refractivity contribution in [3.05, 3.63) is 101 Å². The molecule has 1 amide bonds. The zero-order valence-corrected chi connectivity index (χ0v) is 17.5. The quantitative estimate of drug-likeness (QED) is 0.438. The highest BCUT2D eigenvalue weighted by Crippen LogP contribution is 2.25. The Labute approximate surface area is 184 Å². The molecule has 1 heterocycles. The number of nitrogens with one attached hydrogen (secondary N) is 1. The van der Waals surface area contributed by atoms with Crippen molar-refractivity contribution < 1.29 is 14.1 Å². The number of nitrogens with zero attached hydrogens (tertiary/aromatic N) is 2. The van der Waals surface area contributed by atoms with Crippen LogP contribution in [0.5, 0.6) is 5.75 Å². The number of ether oxygens (including phenoxy) is 1. The Kier molecular flexibility index (Phi) is 6.29. The van der Waals surface area contributed by atoms with Gasteiger partial charge in [-0.3, -0.25) is 4.79 Å². The summed E-state index contributed by atoms with van der Waals surface area (Å²) in [5.74, 6) is 0.911. The van der Waals surface area contributed by atoms with Crippen LogP contribution in [0.15, 0.2) is 83.4 Å². The summed E-state index contributed by atoms with van der Waals surface area (Å²) >= 11 is 6.08. The van der Waals surface area contributed by atoms with E-state index in [1.54, 1.807) is 30.3 Å². The smallest absolute Gasteiger partial charge is 0.255 e. The summed E-state index contributed by atoms with van der Waals surface area (Å²) < 4.78 is 10.9. The Morgan fingerprint density at radius 1 is 1.06 bits per heavy atom. The molecule has 6 nitrogen and oxygen atoms in total. The number of hydrogen-bond acceptors (Lipinski definition) is 5. The normalized spacial score (nSPS) is 11.7. The molecule has 0 saturated heterocycles. The van der Waals surface area contributed by atoms with Gasteiger partial charge >= 0.3 is 0 Å². The molecule has 0 fully saturated rings. The van der Waals surface area contributed by atoms with E-state index in [2.05, 4.69) is 15.5 Å². The molecule has 1 N–H and O–H groups in total. The van der Waals surface area contributed by atoms with Crippen molar-refractivity contribution in [2.75, 3.05) is 7.11 Å². The third-order valence-electron chi connectivity index (χ3n) is 4.76. The van der Waals surface area contributed by atoms with Crippen LogP contribution in [0.4, 0.5) is 0 Å². The number of carbonyl (C=O) groups excluding carboxylic acids is 1. The number of rotatable bonds is 7. The number of benzene rings is 3. The summed E-state index contributed by atoms with van der Waals surface area (Å²) in [5.41, 5.74) is 2.19. The highest BCUT2D eigenvalue weighted by molar-refractivity contribution is 6.30. The maximum Gasteiger partial charge on any atom is 0.255 e. The molecule has 0 spiro atoms. The predicted octanol–water partition coefficient (Wildman–Crippen LogP) is 5.11. The lowest BCUT2D eigenvalue weighted by molar-refractivity contribution is 0.0925. The van der Waals surface area contributed by atoms with Gasteiger partial charge in [-0.2, -0.15) is 4.98 Å². The van der Waals surface area contributed by atoms with Crippen molar-refractivity contribution in [1.82, 2.24) is 15.5 Å². The second-order valence-electron chi connectivity index (χ2n) is 6.88. The van der Waals surface area contributed by atoms with Crippen molar-refractivity contribution in [3.8, 4) is 17.1 Å². The standard InChI is InChI=1S/C24H20ClN3O3/c1-30-21-13-6-5-12-19(21)23(29)26-20(14-16-8-3-2-4-9-16)24-27-22(28-31-24)17-10-7-11-18(25)15-17/h2-13,15,20H,14H2,1H3,(H,26,29). The summed E-state index contributed by atoms with van der Waals surface area (Å²) in [7, 11) is 1.53. The van der Waals surface area contributed by atoms with Gasteiger partial charge in [0.05, 0.1) is 12.7 Å². The van der Waals surface area contributed by atoms with E-state index in [9.17, 15) is 4.79 Å². The van der Waals surface area contributed by atoms with Gasteiger partial charge in [0, 0.05) is 17.0 Å². The predicted molar refractivity (Wildman–Crippen MR) is 118 cm³/mol. The van der Waals surface area contributed by atoms with Crippen LogP contribution in [0.3, 0.4) is 0 Å². The molecule has 0 aliphatic carbocycles. The molecule has 0 saturated carbocycles. The van der Waals surface area contributed by atoms with Crippen LogP contribution >= 0.6 is 11.6 Å². The van der Waals surface area contributed by atoms with Gasteiger partial charge in [0.2, 0.25) is 11.7 Å². The van der Waals surface area contributed by atoms with Crippen molar-refractivity contribution in [2.24, 2.45) is 0 Å². The lowest BCUT2D eigenvalue weighted by Crippen LogP contribution is -2.30. The van der Waals surface area contributed by atoms with Gasteiger partial charge in [0.1, 0.15) is 11.8 Å². The number of aromatic nitrogens is 2. The zero-order chi connectivity index (χ0) is 21.6. The van der Waals surface area contributed by atoms with E-state index in [1.165, 1.54) is 7.11 Å². The summed E-state index contributed by atoms with van der Waals surface area (Å²) in [4.78, 5) is 17.5. The van der Waals surface area contributed by atoms with E-state index in [0.717, 1.165) is 11.1 Å². The molecule has 1 atom stereocenters. The van der Waals surface area contributed by atoms with Crippen molar-refractivity contribution in [3.63, 3.8) is 0 Å². The molecular weight excluding hydrogens is 414 g/mol. The molecule has 1 aromatic heterocycles. The SMILES string of the molecule is COc1ccccc1C(=O)NC(Cc1ccccc1)c1nc(-c2cccc(Cl)c2)no1. The van der Waals surface area contributed by atoms with Crippen molar-refractivity contribution >= 4 is 17.5 Å². The maximum absolute atomic E-state index is 13.0. The van der Waals surface area contributed by atoms with E-state index < -0.39 is 6.04 Å². The number of hydrogen-bond donors (Lipinski definition) is 1. The highest BCUT2D eigenvalue weighted by atomic mass is 35.5. The first-order valence-electron chi connectivity index (χ1n) is 9.71. The van der Waals surface area contributed by atoms with Crippen LogP contribution in [0.25, 0.3) is 11.4 Å². The molecule has 156 valence electrons. The number of methoxy groups -OCH3 is 1. The van der Waals surface area contributed by atoms with E-state index in [1.807, 2.05) is 48.5 Å². The van der Waals surface area contributed by atoms with Crippen LogP contribution in [-0.4, -0.2) is 23.2 Å². The van der Waals surface area contributed by atoms with Crippen LogP contribution in [0.2, 0.25) is 5.02 Å². The molecule has 0 radical (unpaired) electrons. The van der Waals surface area contributed by atoms with Gasteiger partial charge in [0.15, 0.2) is 0 Å². The first kappa shape index (κ1) is 20.6. The fourth-order valence-electron chi connectivity index (χ4n) is 3.24. The Balaban J connectivity index is 1.64. The number of para-hydroxylation sites is 1. The first-order chi connectivity index (χ1) is 15.1.